The maximum absolute atomic E-state index is 14.4. The summed E-state index contributed by atoms with van der Waals surface area (Å²) in [6.45, 7) is 9.03. The van der Waals surface area contributed by atoms with Crippen molar-refractivity contribution in [2.45, 2.75) is 44.9 Å². The molecule has 7 heteroatoms. The third kappa shape index (κ3) is 4.90. The lowest BCUT2D eigenvalue weighted by Gasteiger charge is -2.34. The number of hydrogen-bond donors (Lipinski definition) is 1. The zero-order valence-electron chi connectivity index (χ0n) is 17.9. The number of nitrogens with zero attached hydrogens (tertiary/aromatic N) is 1. The Balaban J connectivity index is 1.84. The van der Waals surface area contributed by atoms with E-state index in [0.717, 1.165) is 24.1 Å². The molecule has 1 amide bonds. The molecule has 0 bridgehead atoms. The standard InChI is InChI=1S/C23H29FN2O3S/c1-15(2)18-5-7-19(8-6-18)25-23(27)21-12-20(9-10-22(21)24)30(28,29)26-13-16(3)11-17(4)14-26/h5-10,12,15-17H,11,13-14H2,1-4H3,(H,25,27)/t16-,17+. The van der Waals surface area contributed by atoms with Crippen molar-refractivity contribution in [1.82, 2.24) is 4.31 Å². The van der Waals surface area contributed by atoms with E-state index in [1.807, 2.05) is 26.0 Å². The predicted molar refractivity (Wildman–Crippen MR) is 117 cm³/mol. The average Bonchev–Trinajstić information content (AvgIpc) is 2.67. The predicted octanol–water partition coefficient (Wildman–Crippen LogP) is 4.87. The van der Waals surface area contributed by atoms with Gasteiger partial charge in [-0.3, -0.25) is 4.79 Å². The minimum absolute atomic E-state index is 0.0643. The summed E-state index contributed by atoms with van der Waals surface area (Å²) in [6, 6.07) is 10.7. The Hall–Kier alpha value is -2.25. The Morgan fingerprint density at radius 3 is 2.23 bits per heavy atom. The number of hydrogen-bond acceptors (Lipinski definition) is 3. The summed E-state index contributed by atoms with van der Waals surface area (Å²) in [4.78, 5) is 12.6. The second kappa shape index (κ2) is 8.86. The lowest BCUT2D eigenvalue weighted by molar-refractivity contribution is 0.102. The van der Waals surface area contributed by atoms with E-state index >= 15 is 0 Å². The Kier molecular flexibility index (Phi) is 6.62. The summed E-state index contributed by atoms with van der Waals surface area (Å²) in [7, 11) is -3.80. The molecule has 0 aromatic heterocycles. The molecule has 0 saturated carbocycles. The number of anilines is 1. The summed E-state index contributed by atoms with van der Waals surface area (Å²) >= 11 is 0. The van der Waals surface area contributed by atoms with Crippen molar-refractivity contribution in [3.05, 3.63) is 59.4 Å². The summed E-state index contributed by atoms with van der Waals surface area (Å²) in [5.41, 5.74) is 1.36. The fourth-order valence-corrected chi connectivity index (χ4v) is 5.65. The van der Waals surface area contributed by atoms with Gasteiger partial charge in [-0.25, -0.2) is 12.8 Å². The van der Waals surface area contributed by atoms with E-state index in [-0.39, 0.29) is 22.3 Å². The highest BCUT2D eigenvalue weighted by molar-refractivity contribution is 7.89. The minimum atomic E-state index is -3.80. The fraction of sp³-hybridized carbons (Fsp3) is 0.435. The zero-order chi connectivity index (χ0) is 22.1. The third-order valence-electron chi connectivity index (χ3n) is 5.49. The molecule has 0 radical (unpaired) electrons. The molecule has 2 aromatic rings. The van der Waals surface area contributed by atoms with Crippen LogP contribution in [0.15, 0.2) is 47.4 Å². The zero-order valence-corrected chi connectivity index (χ0v) is 18.7. The van der Waals surface area contributed by atoms with Crippen molar-refractivity contribution in [1.29, 1.82) is 0 Å². The Bertz CT molecular complexity index is 1010. The van der Waals surface area contributed by atoms with Crippen molar-refractivity contribution >= 4 is 21.6 Å². The van der Waals surface area contributed by atoms with Crippen LogP contribution in [-0.4, -0.2) is 31.7 Å². The largest absolute Gasteiger partial charge is 0.322 e. The van der Waals surface area contributed by atoms with Crippen molar-refractivity contribution in [2.24, 2.45) is 11.8 Å². The maximum atomic E-state index is 14.4. The third-order valence-corrected chi connectivity index (χ3v) is 7.32. The van der Waals surface area contributed by atoms with Gasteiger partial charge in [-0.05, 0) is 60.1 Å². The first kappa shape index (κ1) is 22.4. The quantitative estimate of drug-likeness (QED) is 0.733. The molecule has 3 rings (SSSR count). The number of carbonyl (C=O) groups excluding carboxylic acids is 1. The van der Waals surface area contributed by atoms with Crippen LogP contribution < -0.4 is 5.32 Å². The first-order chi connectivity index (χ1) is 14.1. The summed E-state index contributed by atoms with van der Waals surface area (Å²) in [5.74, 6) is -0.580. The molecule has 30 heavy (non-hydrogen) atoms. The van der Waals surface area contributed by atoms with Crippen molar-refractivity contribution in [3.63, 3.8) is 0 Å². The van der Waals surface area contributed by atoms with Gasteiger partial charge in [0, 0.05) is 18.8 Å². The van der Waals surface area contributed by atoms with Gasteiger partial charge in [-0.1, -0.05) is 39.8 Å². The highest BCUT2D eigenvalue weighted by atomic mass is 32.2. The van der Waals surface area contributed by atoms with Crippen LogP contribution in [0.25, 0.3) is 0 Å². The van der Waals surface area contributed by atoms with Crippen LogP contribution in [0, 0.1) is 17.7 Å². The first-order valence-corrected chi connectivity index (χ1v) is 11.7. The average molecular weight is 433 g/mol. The van der Waals surface area contributed by atoms with Crippen molar-refractivity contribution in [2.75, 3.05) is 18.4 Å². The molecular weight excluding hydrogens is 403 g/mol. The molecule has 2 aromatic carbocycles. The van der Waals surface area contributed by atoms with Crippen molar-refractivity contribution < 1.29 is 17.6 Å². The molecule has 1 fully saturated rings. The van der Waals surface area contributed by atoms with Gasteiger partial charge in [0.1, 0.15) is 5.82 Å². The van der Waals surface area contributed by atoms with Crippen LogP contribution in [-0.2, 0) is 10.0 Å². The van der Waals surface area contributed by atoms with Crippen LogP contribution in [0.3, 0.4) is 0 Å². The highest BCUT2D eigenvalue weighted by Gasteiger charge is 2.32. The SMILES string of the molecule is CC(C)c1ccc(NC(=O)c2cc(S(=O)(=O)N3C[C@H](C)C[C@H](C)C3)ccc2F)cc1. The van der Waals surface area contributed by atoms with Gasteiger partial charge < -0.3 is 5.32 Å². The van der Waals surface area contributed by atoms with Gasteiger partial charge in [0.05, 0.1) is 10.5 Å². The Morgan fingerprint density at radius 1 is 1.07 bits per heavy atom. The normalized spacial score (nSPS) is 20.3. The number of amides is 1. The van der Waals surface area contributed by atoms with Crippen LogP contribution in [0.5, 0.6) is 0 Å². The Morgan fingerprint density at radius 2 is 1.67 bits per heavy atom. The van der Waals surface area contributed by atoms with Gasteiger partial charge in [0.2, 0.25) is 10.0 Å². The molecule has 1 saturated heterocycles. The maximum Gasteiger partial charge on any atom is 0.258 e. The van der Waals surface area contributed by atoms with Gasteiger partial charge in [0.25, 0.3) is 5.91 Å². The van der Waals surface area contributed by atoms with Crippen LogP contribution >= 0.6 is 0 Å². The number of nitrogens with one attached hydrogen (secondary N) is 1. The molecule has 1 aliphatic heterocycles. The van der Waals surface area contributed by atoms with Gasteiger partial charge in [0.15, 0.2) is 0 Å². The van der Waals surface area contributed by atoms with E-state index in [1.165, 1.54) is 10.4 Å². The lowest BCUT2D eigenvalue weighted by Crippen LogP contribution is -2.42. The van der Waals surface area contributed by atoms with Gasteiger partial charge >= 0.3 is 0 Å². The number of rotatable bonds is 5. The topological polar surface area (TPSA) is 66.5 Å². The molecular formula is C23H29FN2O3S. The van der Waals surface area contributed by atoms with Gasteiger partial charge in [-0.15, -0.1) is 0 Å². The molecule has 2 atom stereocenters. The van der Waals surface area contributed by atoms with E-state index < -0.39 is 21.7 Å². The summed E-state index contributed by atoms with van der Waals surface area (Å²) in [6.07, 6.45) is 0.971. The minimum Gasteiger partial charge on any atom is -0.322 e. The molecule has 1 aliphatic rings. The highest BCUT2D eigenvalue weighted by Crippen LogP contribution is 2.28. The molecule has 162 valence electrons. The first-order valence-electron chi connectivity index (χ1n) is 10.3. The smallest absolute Gasteiger partial charge is 0.258 e. The number of halogens is 1. The summed E-state index contributed by atoms with van der Waals surface area (Å²) < 4.78 is 42.0. The van der Waals surface area contributed by atoms with E-state index in [2.05, 4.69) is 19.2 Å². The van der Waals surface area contributed by atoms with Crippen LogP contribution in [0.1, 0.15) is 56.0 Å². The molecule has 1 N–H and O–H groups in total. The van der Waals surface area contributed by atoms with Crippen LogP contribution in [0.2, 0.25) is 0 Å². The Labute approximate surface area is 178 Å². The number of carbonyl (C=O) groups is 1. The molecule has 0 spiro atoms. The van der Waals surface area contributed by atoms with E-state index in [4.69, 9.17) is 0 Å². The molecule has 0 unspecified atom stereocenters. The van der Waals surface area contributed by atoms with E-state index in [9.17, 15) is 17.6 Å². The van der Waals surface area contributed by atoms with E-state index in [1.54, 1.807) is 12.1 Å². The number of sulfonamides is 1. The van der Waals surface area contributed by atoms with E-state index in [0.29, 0.717) is 24.7 Å². The fourth-order valence-electron chi connectivity index (χ4n) is 3.94. The van der Waals surface area contributed by atoms with Gasteiger partial charge in [-0.2, -0.15) is 4.31 Å². The summed E-state index contributed by atoms with van der Waals surface area (Å²) in [5, 5.41) is 2.65. The molecule has 1 heterocycles. The van der Waals surface area contributed by atoms with Crippen LogP contribution in [0.4, 0.5) is 10.1 Å². The molecule has 0 aliphatic carbocycles. The number of benzene rings is 2. The number of piperidine rings is 1. The monoisotopic (exact) mass is 432 g/mol. The van der Waals surface area contributed by atoms with Crippen molar-refractivity contribution in [3.8, 4) is 0 Å². The lowest BCUT2D eigenvalue weighted by atomic mass is 9.94. The second-order valence-electron chi connectivity index (χ2n) is 8.64. The second-order valence-corrected chi connectivity index (χ2v) is 10.6. The molecule has 5 nitrogen and oxygen atoms in total.